The van der Waals surface area contributed by atoms with Gasteiger partial charge in [-0.15, -0.1) is 0 Å². The molecule has 1 saturated heterocycles. The fourth-order valence-corrected chi connectivity index (χ4v) is 4.50. The van der Waals surface area contributed by atoms with Gasteiger partial charge in [-0.2, -0.15) is 5.10 Å². The lowest BCUT2D eigenvalue weighted by atomic mass is 9.97. The monoisotopic (exact) mass is 446 g/mol. The summed E-state index contributed by atoms with van der Waals surface area (Å²) in [5.41, 5.74) is 1.97. The van der Waals surface area contributed by atoms with E-state index in [9.17, 15) is 17.6 Å². The number of nitrogens with zero attached hydrogens (tertiary/aromatic N) is 4. The summed E-state index contributed by atoms with van der Waals surface area (Å²) >= 11 is 0. The Balaban J connectivity index is 1.60. The highest BCUT2D eigenvalue weighted by Gasteiger charge is 2.28. The molecule has 3 aromatic rings. The molecule has 1 atom stereocenters. The highest BCUT2D eigenvalue weighted by atomic mass is 32.2. The molecule has 0 aliphatic carbocycles. The highest BCUT2D eigenvalue weighted by Crippen LogP contribution is 2.31. The normalized spacial score (nSPS) is 17.1. The third-order valence-electron chi connectivity index (χ3n) is 5.34. The molecule has 0 unspecified atom stereocenters. The van der Waals surface area contributed by atoms with E-state index >= 15 is 0 Å². The maximum absolute atomic E-state index is 13.8. The van der Waals surface area contributed by atoms with Gasteiger partial charge in [-0.3, -0.25) is 4.79 Å². The average Bonchev–Trinajstić information content (AvgIpc) is 3.16. The fraction of sp³-hybridized carbons (Fsp3) is 0.381. The van der Waals surface area contributed by atoms with E-state index in [4.69, 9.17) is 4.74 Å². The summed E-state index contributed by atoms with van der Waals surface area (Å²) in [5, 5.41) is 4.58. The van der Waals surface area contributed by atoms with E-state index in [1.54, 1.807) is 27.7 Å². The number of carbonyl (C=O) groups is 1. The SMILES string of the molecule is COc1ccc(F)cc1-c1ccc2nc([C@H]3CCCN(C(=O)CS(C)(=O)=O)C3)nn2c1. The van der Waals surface area contributed by atoms with Crippen LogP contribution in [0.2, 0.25) is 0 Å². The molecule has 3 heterocycles. The van der Waals surface area contributed by atoms with Gasteiger partial charge in [-0.25, -0.2) is 22.3 Å². The van der Waals surface area contributed by atoms with Crippen molar-refractivity contribution in [1.82, 2.24) is 19.5 Å². The van der Waals surface area contributed by atoms with Gasteiger partial charge in [0, 0.05) is 42.6 Å². The van der Waals surface area contributed by atoms with Gasteiger partial charge in [0.25, 0.3) is 0 Å². The Labute approximate surface area is 179 Å². The second-order valence-electron chi connectivity index (χ2n) is 7.78. The predicted molar refractivity (Wildman–Crippen MR) is 113 cm³/mol. The van der Waals surface area contributed by atoms with Crippen molar-refractivity contribution < 1.29 is 22.3 Å². The third kappa shape index (κ3) is 4.68. The van der Waals surface area contributed by atoms with Crippen LogP contribution in [-0.4, -0.2) is 66.0 Å². The summed E-state index contributed by atoms with van der Waals surface area (Å²) < 4.78 is 43.7. The summed E-state index contributed by atoms with van der Waals surface area (Å²) in [4.78, 5) is 18.5. The third-order valence-corrected chi connectivity index (χ3v) is 6.12. The molecule has 1 fully saturated rings. The highest BCUT2D eigenvalue weighted by molar-refractivity contribution is 7.91. The molecule has 164 valence electrons. The smallest absolute Gasteiger partial charge is 0.237 e. The lowest BCUT2D eigenvalue weighted by Gasteiger charge is -2.31. The largest absolute Gasteiger partial charge is 0.496 e. The molecule has 31 heavy (non-hydrogen) atoms. The minimum Gasteiger partial charge on any atom is -0.496 e. The number of halogens is 1. The number of benzene rings is 1. The Hall–Kier alpha value is -3.01. The van der Waals surface area contributed by atoms with Crippen LogP contribution in [0, 0.1) is 5.82 Å². The number of hydrogen-bond donors (Lipinski definition) is 0. The van der Waals surface area contributed by atoms with Crippen LogP contribution < -0.4 is 4.74 Å². The van der Waals surface area contributed by atoms with Crippen LogP contribution in [0.25, 0.3) is 16.8 Å². The van der Waals surface area contributed by atoms with E-state index in [2.05, 4.69) is 10.1 Å². The number of aromatic nitrogens is 3. The second kappa shape index (κ2) is 8.26. The van der Waals surface area contributed by atoms with Crippen molar-refractivity contribution in [1.29, 1.82) is 0 Å². The van der Waals surface area contributed by atoms with Crippen molar-refractivity contribution in [3.63, 3.8) is 0 Å². The van der Waals surface area contributed by atoms with E-state index in [0.29, 0.717) is 35.9 Å². The van der Waals surface area contributed by atoms with E-state index in [0.717, 1.165) is 24.7 Å². The Morgan fingerprint density at radius 3 is 2.84 bits per heavy atom. The summed E-state index contributed by atoms with van der Waals surface area (Å²) in [6.07, 6.45) is 4.38. The number of carbonyl (C=O) groups excluding carboxylic acids is 1. The van der Waals surface area contributed by atoms with E-state index in [1.165, 1.54) is 19.2 Å². The molecule has 1 amide bonds. The lowest BCUT2D eigenvalue weighted by Crippen LogP contribution is -2.42. The molecular formula is C21H23FN4O4S. The molecule has 1 aromatic carbocycles. The second-order valence-corrected chi connectivity index (χ2v) is 9.92. The first-order valence-corrected chi connectivity index (χ1v) is 12.0. The van der Waals surface area contributed by atoms with Crippen LogP contribution in [0.5, 0.6) is 5.75 Å². The van der Waals surface area contributed by atoms with Crippen LogP contribution in [0.4, 0.5) is 4.39 Å². The molecule has 0 radical (unpaired) electrons. The summed E-state index contributed by atoms with van der Waals surface area (Å²) in [6, 6.07) is 7.95. The molecule has 1 aliphatic heterocycles. The summed E-state index contributed by atoms with van der Waals surface area (Å²) in [5.74, 6) is -0.178. The van der Waals surface area contributed by atoms with Crippen LogP contribution in [0.15, 0.2) is 36.5 Å². The molecule has 8 nitrogen and oxygen atoms in total. The number of piperidine rings is 1. The lowest BCUT2D eigenvalue weighted by molar-refractivity contribution is -0.129. The Morgan fingerprint density at radius 2 is 2.10 bits per heavy atom. The number of pyridine rings is 1. The van der Waals surface area contributed by atoms with E-state index < -0.39 is 21.5 Å². The summed E-state index contributed by atoms with van der Waals surface area (Å²) in [6.45, 7) is 0.914. The van der Waals surface area contributed by atoms with Gasteiger partial charge < -0.3 is 9.64 Å². The van der Waals surface area contributed by atoms with Gasteiger partial charge in [-0.05, 0) is 43.2 Å². The zero-order chi connectivity index (χ0) is 22.2. The molecule has 0 spiro atoms. The van der Waals surface area contributed by atoms with Crippen LogP contribution in [0.1, 0.15) is 24.6 Å². The maximum Gasteiger partial charge on any atom is 0.237 e. The van der Waals surface area contributed by atoms with E-state index in [1.807, 2.05) is 6.07 Å². The van der Waals surface area contributed by atoms with Crippen molar-refractivity contribution in [3.05, 3.63) is 48.2 Å². The van der Waals surface area contributed by atoms with Gasteiger partial charge in [0.05, 0.1) is 7.11 Å². The molecule has 0 saturated carbocycles. The van der Waals surface area contributed by atoms with Gasteiger partial charge in [0.2, 0.25) is 5.91 Å². The first-order chi connectivity index (χ1) is 14.7. The van der Waals surface area contributed by atoms with Gasteiger partial charge >= 0.3 is 0 Å². The predicted octanol–water partition coefficient (Wildman–Crippen LogP) is 2.29. The Morgan fingerprint density at radius 1 is 1.29 bits per heavy atom. The number of amides is 1. The first-order valence-electron chi connectivity index (χ1n) is 9.89. The number of likely N-dealkylation sites (tertiary alicyclic amines) is 1. The van der Waals surface area contributed by atoms with Crippen molar-refractivity contribution in [3.8, 4) is 16.9 Å². The fourth-order valence-electron chi connectivity index (χ4n) is 3.87. The quantitative estimate of drug-likeness (QED) is 0.597. The number of hydrogen-bond acceptors (Lipinski definition) is 6. The maximum atomic E-state index is 13.8. The zero-order valence-corrected chi connectivity index (χ0v) is 18.1. The molecule has 1 aliphatic rings. The minimum atomic E-state index is -3.38. The molecule has 0 bridgehead atoms. The van der Waals surface area contributed by atoms with E-state index in [-0.39, 0.29) is 11.7 Å². The molecule has 10 heteroatoms. The Bertz CT molecular complexity index is 1240. The van der Waals surface area contributed by atoms with Crippen LogP contribution >= 0.6 is 0 Å². The summed E-state index contributed by atoms with van der Waals surface area (Å²) in [7, 11) is -1.85. The van der Waals surface area contributed by atoms with Gasteiger partial charge in [-0.1, -0.05) is 0 Å². The number of methoxy groups -OCH3 is 1. The number of rotatable bonds is 5. The van der Waals surface area contributed by atoms with Crippen LogP contribution in [0.3, 0.4) is 0 Å². The van der Waals surface area contributed by atoms with Crippen molar-refractivity contribution >= 4 is 21.4 Å². The minimum absolute atomic E-state index is 0.0793. The van der Waals surface area contributed by atoms with Crippen molar-refractivity contribution in [2.45, 2.75) is 18.8 Å². The number of ether oxygens (including phenoxy) is 1. The number of sulfone groups is 1. The van der Waals surface area contributed by atoms with Gasteiger partial charge in [0.15, 0.2) is 21.3 Å². The molecule has 4 rings (SSSR count). The van der Waals surface area contributed by atoms with Crippen molar-refractivity contribution in [2.24, 2.45) is 0 Å². The molecular weight excluding hydrogens is 423 g/mol. The number of fused-ring (bicyclic) bond motifs is 1. The zero-order valence-electron chi connectivity index (χ0n) is 17.3. The average molecular weight is 447 g/mol. The standard InChI is InChI=1S/C21H23FN4O4S/c1-30-18-7-6-16(22)10-17(18)14-5-8-19-23-21(24-26(19)12-14)15-4-3-9-25(11-15)20(27)13-31(2,28)29/h5-8,10,12,15H,3-4,9,11,13H2,1-2H3/t15-/m0/s1. The topological polar surface area (TPSA) is 93.9 Å². The molecule has 0 N–H and O–H groups in total. The van der Waals surface area contributed by atoms with Gasteiger partial charge in [0.1, 0.15) is 17.3 Å². The van der Waals surface area contributed by atoms with Crippen molar-refractivity contribution in [2.75, 3.05) is 32.2 Å². The Kier molecular flexibility index (Phi) is 5.65. The molecule has 2 aromatic heterocycles. The van der Waals surface area contributed by atoms with Crippen LogP contribution in [-0.2, 0) is 14.6 Å². The first kappa shape index (κ1) is 21.2.